The van der Waals surface area contributed by atoms with E-state index in [-0.39, 0.29) is 0 Å². The molecule has 1 aromatic rings. The van der Waals surface area contributed by atoms with Crippen LogP contribution in [0.4, 0.5) is 0 Å². The van der Waals surface area contributed by atoms with Gasteiger partial charge in [0.1, 0.15) is 0 Å². The molecule has 0 amide bonds. The Morgan fingerprint density at radius 2 is 2.14 bits per heavy atom. The van der Waals surface area contributed by atoms with Gasteiger partial charge in [-0.2, -0.15) is 0 Å². The van der Waals surface area contributed by atoms with Crippen LogP contribution in [0.3, 0.4) is 0 Å². The average Bonchev–Trinajstić information content (AvgIpc) is 2.15. The third-order valence-electron chi connectivity index (χ3n) is 2.06. The van der Waals surface area contributed by atoms with Gasteiger partial charge >= 0.3 is 0 Å². The summed E-state index contributed by atoms with van der Waals surface area (Å²) in [4.78, 5) is 3.99. The lowest BCUT2D eigenvalue weighted by Gasteiger charge is -2.11. The monoisotopic (exact) mass is 192 g/mol. The van der Waals surface area contributed by atoms with E-state index < -0.39 is 6.10 Å². The highest BCUT2D eigenvalue weighted by Crippen LogP contribution is 2.16. The van der Waals surface area contributed by atoms with E-state index in [1.807, 2.05) is 31.2 Å². The molecule has 0 saturated carbocycles. The molecule has 0 aliphatic carbocycles. The summed E-state index contributed by atoms with van der Waals surface area (Å²) in [5.41, 5.74) is 7.38. The van der Waals surface area contributed by atoms with Gasteiger partial charge < -0.3 is 10.8 Å². The van der Waals surface area contributed by atoms with Crippen LogP contribution in [0.1, 0.15) is 24.2 Å². The number of nitrogens with zero attached hydrogens (tertiary/aromatic N) is 1. The molecular weight excluding hydrogens is 176 g/mol. The lowest BCUT2D eigenvalue weighted by Crippen LogP contribution is -2.10. The normalized spacial score (nSPS) is 14.1. The van der Waals surface area contributed by atoms with Crippen LogP contribution in [0.2, 0.25) is 0 Å². The van der Waals surface area contributed by atoms with E-state index in [0.29, 0.717) is 12.4 Å². The Bertz CT molecular complexity index is 330. The van der Waals surface area contributed by atoms with E-state index in [2.05, 4.69) is 4.99 Å². The van der Waals surface area contributed by atoms with Crippen LogP contribution in [0, 0.1) is 6.92 Å². The van der Waals surface area contributed by atoms with Crippen molar-refractivity contribution >= 4 is 5.84 Å². The minimum Gasteiger partial charge on any atom is -0.388 e. The standard InChI is InChI=1S/C11H16N2O/c1-8-5-3-4-6-10(8)11(14)7-13-9(2)12/h3-6,11,14H,7H2,1-2H3,(H2,12,13)/t11-/m0/s1. The molecule has 3 heteroatoms. The fourth-order valence-electron chi connectivity index (χ4n) is 1.29. The first-order valence-corrected chi connectivity index (χ1v) is 4.61. The van der Waals surface area contributed by atoms with E-state index in [4.69, 9.17) is 5.73 Å². The molecule has 3 N–H and O–H groups in total. The number of hydrogen-bond acceptors (Lipinski definition) is 2. The van der Waals surface area contributed by atoms with Gasteiger partial charge in [0, 0.05) is 0 Å². The summed E-state index contributed by atoms with van der Waals surface area (Å²) in [5, 5.41) is 9.79. The van der Waals surface area contributed by atoms with Crippen molar-refractivity contribution in [2.24, 2.45) is 10.7 Å². The minimum absolute atomic E-state index is 0.327. The Morgan fingerprint density at radius 1 is 1.50 bits per heavy atom. The fourth-order valence-corrected chi connectivity index (χ4v) is 1.29. The Morgan fingerprint density at radius 3 is 2.71 bits per heavy atom. The molecule has 1 aromatic carbocycles. The molecule has 0 aliphatic heterocycles. The van der Waals surface area contributed by atoms with Gasteiger partial charge in [-0.05, 0) is 25.0 Å². The van der Waals surface area contributed by atoms with Crippen LogP contribution >= 0.6 is 0 Å². The van der Waals surface area contributed by atoms with Crippen LogP contribution in [0.15, 0.2) is 29.3 Å². The largest absolute Gasteiger partial charge is 0.388 e. The summed E-state index contributed by atoms with van der Waals surface area (Å²) in [5.74, 6) is 0.498. The molecule has 0 heterocycles. The number of aliphatic imine (C=N–C) groups is 1. The fraction of sp³-hybridized carbons (Fsp3) is 0.364. The highest BCUT2D eigenvalue weighted by Gasteiger charge is 2.08. The van der Waals surface area contributed by atoms with Gasteiger partial charge in [-0.3, -0.25) is 4.99 Å². The molecule has 0 saturated heterocycles. The van der Waals surface area contributed by atoms with Crippen LogP contribution in [-0.4, -0.2) is 17.5 Å². The smallest absolute Gasteiger partial charge is 0.0988 e. The zero-order valence-electron chi connectivity index (χ0n) is 8.57. The highest BCUT2D eigenvalue weighted by atomic mass is 16.3. The average molecular weight is 192 g/mol. The third kappa shape index (κ3) is 2.85. The number of rotatable bonds is 3. The summed E-state index contributed by atoms with van der Waals surface area (Å²) in [6.07, 6.45) is -0.560. The maximum absolute atomic E-state index is 9.79. The van der Waals surface area contributed by atoms with Gasteiger partial charge in [0.2, 0.25) is 0 Å². The van der Waals surface area contributed by atoms with Crippen molar-refractivity contribution in [1.82, 2.24) is 0 Å². The van der Waals surface area contributed by atoms with Gasteiger partial charge in [-0.1, -0.05) is 24.3 Å². The molecular formula is C11H16N2O. The topological polar surface area (TPSA) is 58.6 Å². The number of hydrogen-bond donors (Lipinski definition) is 2. The first-order chi connectivity index (χ1) is 6.61. The number of aliphatic hydroxyl groups excluding tert-OH is 1. The second kappa shape index (κ2) is 4.77. The predicted octanol–water partition coefficient (Wildman–Crippen LogP) is 1.41. The van der Waals surface area contributed by atoms with Crippen LogP contribution < -0.4 is 5.73 Å². The maximum atomic E-state index is 9.79. The van der Waals surface area contributed by atoms with Crippen LogP contribution in [-0.2, 0) is 0 Å². The first-order valence-electron chi connectivity index (χ1n) is 4.61. The van der Waals surface area contributed by atoms with Crippen molar-refractivity contribution < 1.29 is 5.11 Å². The Labute approximate surface area is 84.3 Å². The van der Waals surface area contributed by atoms with E-state index in [1.165, 1.54) is 0 Å². The highest BCUT2D eigenvalue weighted by molar-refractivity contribution is 5.77. The van der Waals surface area contributed by atoms with Gasteiger partial charge in [-0.15, -0.1) is 0 Å². The van der Waals surface area contributed by atoms with E-state index in [1.54, 1.807) is 6.92 Å². The zero-order chi connectivity index (χ0) is 10.6. The Balaban J connectivity index is 2.74. The number of aliphatic hydroxyl groups is 1. The Kier molecular flexibility index (Phi) is 3.65. The number of amidine groups is 1. The molecule has 0 bridgehead atoms. The molecule has 76 valence electrons. The molecule has 1 rings (SSSR count). The number of benzene rings is 1. The number of aryl methyl sites for hydroxylation is 1. The molecule has 0 aliphatic rings. The minimum atomic E-state index is -0.560. The molecule has 0 radical (unpaired) electrons. The van der Waals surface area contributed by atoms with Crippen LogP contribution in [0.5, 0.6) is 0 Å². The maximum Gasteiger partial charge on any atom is 0.0988 e. The van der Waals surface area contributed by atoms with Gasteiger partial charge in [0.15, 0.2) is 0 Å². The van der Waals surface area contributed by atoms with Gasteiger partial charge in [0.25, 0.3) is 0 Å². The van der Waals surface area contributed by atoms with E-state index in [0.717, 1.165) is 11.1 Å². The predicted molar refractivity (Wildman–Crippen MR) is 58.3 cm³/mol. The van der Waals surface area contributed by atoms with Crippen molar-refractivity contribution in [3.05, 3.63) is 35.4 Å². The van der Waals surface area contributed by atoms with Crippen LogP contribution in [0.25, 0.3) is 0 Å². The SMILES string of the molecule is CC(N)=NC[C@H](O)c1ccccc1C. The summed E-state index contributed by atoms with van der Waals surface area (Å²) >= 11 is 0. The molecule has 1 atom stereocenters. The Hall–Kier alpha value is -1.35. The lowest BCUT2D eigenvalue weighted by atomic mass is 10.0. The summed E-state index contributed by atoms with van der Waals surface area (Å²) in [6, 6.07) is 7.73. The van der Waals surface area contributed by atoms with Crippen molar-refractivity contribution in [2.45, 2.75) is 20.0 Å². The second-order valence-electron chi connectivity index (χ2n) is 3.35. The summed E-state index contributed by atoms with van der Waals surface area (Å²) in [6.45, 7) is 4.01. The van der Waals surface area contributed by atoms with Crippen molar-refractivity contribution in [2.75, 3.05) is 6.54 Å². The van der Waals surface area contributed by atoms with Crippen molar-refractivity contribution in [3.63, 3.8) is 0 Å². The summed E-state index contributed by atoms with van der Waals surface area (Å²) < 4.78 is 0. The first kappa shape index (κ1) is 10.7. The lowest BCUT2D eigenvalue weighted by molar-refractivity contribution is 0.186. The van der Waals surface area contributed by atoms with Gasteiger partial charge in [0.05, 0.1) is 18.5 Å². The molecule has 0 aromatic heterocycles. The second-order valence-corrected chi connectivity index (χ2v) is 3.35. The van der Waals surface area contributed by atoms with Crippen molar-refractivity contribution in [1.29, 1.82) is 0 Å². The molecule has 14 heavy (non-hydrogen) atoms. The van der Waals surface area contributed by atoms with Gasteiger partial charge in [-0.25, -0.2) is 0 Å². The molecule has 0 spiro atoms. The van der Waals surface area contributed by atoms with Crippen molar-refractivity contribution in [3.8, 4) is 0 Å². The third-order valence-corrected chi connectivity index (χ3v) is 2.06. The zero-order valence-corrected chi connectivity index (χ0v) is 8.57. The quantitative estimate of drug-likeness (QED) is 0.562. The van der Waals surface area contributed by atoms with E-state index in [9.17, 15) is 5.11 Å². The molecule has 0 unspecified atom stereocenters. The van der Waals surface area contributed by atoms with E-state index >= 15 is 0 Å². The summed E-state index contributed by atoms with van der Waals surface area (Å²) in [7, 11) is 0. The molecule has 0 fully saturated rings. The number of nitrogens with two attached hydrogens (primary N) is 1. The molecule has 3 nitrogen and oxygen atoms in total.